The Balaban J connectivity index is 2.67. The average Bonchev–Trinajstić information content (AvgIpc) is 2.17. The van der Waals surface area contributed by atoms with Gasteiger partial charge in [0.2, 0.25) is 0 Å². The molecule has 1 aromatic heterocycles. The van der Waals surface area contributed by atoms with Gasteiger partial charge in [0.25, 0.3) is 5.88 Å². The van der Waals surface area contributed by atoms with E-state index >= 15 is 0 Å². The monoisotopic (exact) mass is 162 g/mol. The Kier molecular flexibility index (Phi) is 1.60. The number of para-hydroxylation sites is 2. The topological polar surface area (TPSA) is 55.2 Å². The number of aromatic nitrogens is 2. The lowest BCUT2D eigenvalue weighted by Crippen LogP contribution is -1.90. The second kappa shape index (κ2) is 2.75. The lowest BCUT2D eigenvalue weighted by molar-refractivity contribution is -0.141. The van der Waals surface area contributed by atoms with Crippen molar-refractivity contribution in [3.8, 4) is 5.88 Å². The van der Waals surface area contributed by atoms with Crippen LogP contribution in [-0.4, -0.2) is 15.2 Å². The summed E-state index contributed by atoms with van der Waals surface area (Å²) in [4.78, 5) is 11.9. The summed E-state index contributed by atoms with van der Waals surface area (Å²) in [5, 5.41) is 8.29. The summed E-state index contributed by atoms with van der Waals surface area (Å²) in [6.07, 6.45) is 1.36. The molecule has 0 amide bonds. The minimum atomic E-state index is 0.105. The zero-order chi connectivity index (χ0) is 8.39. The summed E-state index contributed by atoms with van der Waals surface area (Å²) in [5.41, 5.74) is 1.47. The number of hydrogen-bond donors (Lipinski definition) is 1. The van der Waals surface area contributed by atoms with Gasteiger partial charge < -0.3 is 4.89 Å². The van der Waals surface area contributed by atoms with E-state index in [4.69, 9.17) is 5.26 Å². The molecule has 0 aliphatic carbocycles. The molecule has 0 atom stereocenters. The summed E-state index contributed by atoms with van der Waals surface area (Å²) in [7, 11) is 0. The smallest absolute Gasteiger partial charge is 0.275 e. The molecular formula is C8H6N2O2. The van der Waals surface area contributed by atoms with Gasteiger partial charge >= 0.3 is 0 Å². The van der Waals surface area contributed by atoms with Gasteiger partial charge in [0.05, 0.1) is 17.2 Å². The molecule has 1 N–H and O–H groups in total. The van der Waals surface area contributed by atoms with Crippen molar-refractivity contribution >= 4 is 11.0 Å². The third-order valence-corrected chi connectivity index (χ3v) is 1.52. The van der Waals surface area contributed by atoms with Crippen LogP contribution in [0.4, 0.5) is 0 Å². The van der Waals surface area contributed by atoms with Crippen LogP contribution in [0.2, 0.25) is 0 Å². The van der Waals surface area contributed by atoms with E-state index in [1.54, 1.807) is 6.07 Å². The van der Waals surface area contributed by atoms with E-state index in [2.05, 4.69) is 14.9 Å². The van der Waals surface area contributed by atoms with Gasteiger partial charge in [-0.15, -0.1) is 0 Å². The van der Waals surface area contributed by atoms with Crippen molar-refractivity contribution in [1.29, 1.82) is 0 Å². The van der Waals surface area contributed by atoms with Gasteiger partial charge in [-0.2, -0.15) is 0 Å². The van der Waals surface area contributed by atoms with E-state index in [0.29, 0.717) is 5.52 Å². The summed E-state index contributed by atoms with van der Waals surface area (Å²) < 4.78 is 0. The third kappa shape index (κ3) is 1.08. The van der Waals surface area contributed by atoms with Gasteiger partial charge in [0, 0.05) is 0 Å². The highest BCUT2D eigenvalue weighted by Crippen LogP contribution is 2.11. The third-order valence-electron chi connectivity index (χ3n) is 1.52. The van der Waals surface area contributed by atoms with E-state index in [9.17, 15) is 0 Å². The Morgan fingerprint density at radius 1 is 1.17 bits per heavy atom. The number of nitrogens with zero attached hydrogens (tertiary/aromatic N) is 2. The normalized spacial score (nSPS) is 10.1. The quantitative estimate of drug-likeness (QED) is 0.509. The van der Waals surface area contributed by atoms with Crippen LogP contribution in [-0.2, 0) is 0 Å². The number of rotatable bonds is 1. The number of hydrogen-bond acceptors (Lipinski definition) is 4. The molecule has 0 aliphatic rings. The van der Waals surface area contributed by atoms with E-state index in [-0.39, 0.29) is 5.88 Å². The Bertz CT molecular complexity index is 403. The molecular weight excluding hydrogens is 156 g/mol. The number of fused-ring (bicyclic) bond motifs is 1. The highest BCUT2D eigenvalue weighted by Gasteiger charge is 1.97. The molecule has 0 saturated carbocycles. The van der Waals surface area contributed by atoms with E-state index < -0.39 is 0 Å². The first-order valence-electron chi connectivity index (χ1n) is 3.43. The molecule has 60 valence electrons. The Labute approximate surface area is 68.4 Å². The van der Waals surface area contributed by atoms with Gasteiger partial charge in [-0.3, -0.25) is 0 Å². The van der Waals surface area contributed by atoms with Crippen LogP contribution in [0.5, 0.6) is 5.88 Å². The van der Waals surface area contributed by atoms with Crippen LogP contribution in [0, 0.1) is 0 Å². The van der Waals surface area contributed by atoms with Crippen LogP contribution in [0.15, 0.2) is 30.5 Å². The molecule has 0 unspecified atom stereocenters. The Morgan fingerprint density at radius 2 is 1.92 bits per heavy atom. The van der Waals surface area contributed by atoms with Crippen molar-refractivity contribution in [3.05, 3.63) is 30.5 Å². The molecule has 0 spiro atoms. The fourth-order valence-corrected chi connectivity index (χ4v) is 0.984. The van der Waals surface area contributed by atoms with Gasteiger partial charge in [-0.1, -0.05) is 12.1 Å². The summed E-state index contributed by atoms with van der Waals surface area (Å²) in [6, 6.07) is 7.35. The first-order valence-corrected chi connectivity index (χ1v) is 3.43. The zero-order valence-electron chi connectivity index (χ0n) is 6.14. The molecule has 0 saturated heterocycles. The molecule has 2 aromatic rings. The summed E-state index contributed by atoms with van der Waals surface area (Å²) in [5.74, 6) is 0.105. The predicted molar refractivity (Wildman–Crippen MR) is 42.8 cm³/mol. The summed E-state index contributed by atoms with van der Waals surface area (Å²) >= 11 is 0. The number of benzene rings is 1. The lowest BCUT2D eigenvalue weighted by Gasteiger charge is -1.96. The lowest BCUT2D eigenvalue weighted by atomic mass is 10.3. The molecule has 4 heteroatoms. The fourth-order valence-electron chi connectivity index (χ4n) is 0.984. The van der Waals surface area contributed by atoms with Crippen LogP contribution in [0.1, 0.15) is 0 Å². The SMILES string of the molecule is OOc1cnc2ccccc2n1. The molecule has 0 bridgehead atoms. The molecule has 0 aliphatic heterocycles. The van der Waals surface area contributed by atoms with Gasteiger partial charge in [0.1, 0.15) is 0 Å². The molecule has 1 heterocycles. The maximum absolute atomic E-state index is 8.29. The van der Waals surface area contributed by atoms with Crippen LogP contribution in [0.25, 0.3) is 11.0 Å². The highest BCUT2D eigenvalue weighted by atomic mass is 17.1. The van der Waals surface area contributed by atoms with Crippen molar-refractivity contribution in [3.63, 3.8) is 0 Å². The van der Waals surface area contributed by atoms with Crippen molar-refractivity contribution in [1.82, 2.24) is 9.97 Å². The first-order chi connectivity index (χ1) is 5.90. The average molecular weight is 162 g/mol. The van der Waals surface area contributed by atoms with Crippen molar-refractivity contribution in [2.75, 3.05) is 0 Å². The standard InChI is InChI=1S/C8H6N2O2/c11-12-8-5-9-6-3-1-2-4-7(6)10-8/h1-5,11H. The predicted octanol–water partition coefficient (Wildman–Crippen LogP) is 1.48. The molecule has 0 radical (unpaired) electrons. The van der Waals surface area contributed by atoms with Gasteiger partial charge in [-0.05, 0) is 12.1 Å². The Hall–Kier alpha value is -1.68. The first kappa shape index (κ1) is 7.00. The minimum absolute atomic E-state index is 0.105. The molecule has 4 nitrogen and oxygen atoms in total. The Morgan fingerprint density at radius 3 is 2.67 bits per heavy atom. The minimum Gasteiger partial charge on any atom is -0.318 e. The zero-order valence-corrected chi connectivity index (χ0v) is 6.14. The molecule has 2 rings (SSSR count). The van der Waals surface area contributed by atoms with Crippen LogP contribution in [0.3, 0.4) is 0 Å². The van der Waals surface area contributed by atoms with E-state index in [1.807, 2.05) is 18.2 Å². The maximum atomic E-state index is 8.29. The second-order valence-electron chi connectivity index (χ2n) is 2.29. The maximum Gasteiger partial charge on any atom is 0.275 e. The van der Waals surface area contributed by atoms with Crippen LogP contribution < -0.4 is 4.89 Å². The van der Waals surface area contributed by atoms with Crippen LogP contribution >= 0.6 is 0 Å². The van der Waals surface area contributed by atoms with E-state index in [0.717, 1.165) is 5.52 Å². The van der Waals surface area contributed by atoms with E-state index in [1.165, 1.54) is 6.20 Å². The van der Waals surface area contributed by atoms with Crippen molar-refractivity contribution < 1.29 is 10.1 Å². The van der Waals surface area contributed by atoms with Gasteiger partial charge in [-0.25, -0.2) is 15.2 Å². The van der Waals surface area contributed by atoms with Gasteiger partial charge in [0.15, 0.2) is 0 Å². The molecule has 0 fully saturated rings. The second-order valence-corrected chi connectivity index (χ2v) is 2.29. The van der Waals surface area contributed by atoms with Crippen molar-refractivity contribution in [2.45, 2.75) is 0 Å². The molecule has 1 aromatic carbocycles. The fraction of sp³-hybridized carbons (Fsp3) is 0. The molecule has 12 heavy (non-hydrogen) atoms. The van der Waals surface area contributed by atoms with Crippen molar-refractivity contribution in [2.24, 2.45) is 0 Å². The largest absolute Gasteiger partial charge is 0.318 e. The summed E-state index contributed by atoms with van der Waals surface area (Å²) in [6.45, 7) is 0. The highest BCUT2D eigenvalue weighted by molar-refractivity contribution is 5.73.